The van der Waals surface area contributed by atoms with Crippen LogP contribution in [-0.2, 0) is 0 Å². The molecule has 0 aliphatic rings. The second kappa shape index (κ2) is 5.49. The van der Waals surface area contributed by atoms with Crippen molar-refractivity contribution in [3.8, 4) is 22.1 Å². The van der Waals surface area contributed by atoms with Gasteiger partial charge in [0.25, 0.3) is 5.91 Å². The van der Waals surface area contributed by atoms with Crippen molar-refractivity contribution >= 4 is 23.1 Å². The summed E-state index contributed by atoms with van der Waals surface area (Å²) in [4.78, 5) is 15.2. The molecule has 0 saturated heterocycles. The van der Waals surface area contributed by atoms with E-state index in [1.54, 1.807) is 18.6 Å². The first kappa shape index (κ1) is 14.1. The first-order valence-corrected chi connectivity index (χ1v) is 7.22. The van der Waals surface area contributed by atoms with Crippen LogP contribution in [0.25, 0.3) is 16.4 Å². The number of thiazole rings is 1. The van der Waals surface area contributed by atoms with Gasteiger partial charge in [-0.1, -0.05) is 0 Å². The summed E-state index contributed by atoms with van der Waals surface area (Å²) in [5.74, 6) is 0.613. The second-order valence-electron chi connectivity index (χ2n) is 4.47. The fourth-order valence-electron chi connectivity index (χ4n) is 1.93. The van der Waals surface area contributed by atoms with Gasteiger partial charge in [-0.15, -0.1) is 11.3 Å². The molecule has 3 aromatic rings. The maximum absolute atomic E-state index is 11.1. The van der Waals surface area contributed by atoms with Crippen LogP contribution >= 0.6 is 11.3 Å². The summed E-state index contributed by atoms with van der Waals surface area (Å²) in [6.45, 7) is 0. The van der Waals surface area contributed by atoms with Crippen molar-refractivity contribution in [2.24, 2.45) is 5.73 Å². The predicted octanol–water partition coefficient (Wildman–Crippen LogP) is 1.69. The summed E-state index contributed by atoms with van der Waals surface area (Å²) in [6, 6.07) is 9.22. The molecule has 112 valence electrons. The average molecular weight is 315 g/mol. The third-order valence-corrected chi connectivity index (χ3v) is 3.86. The number of hydrogen-bond acceptors (Lipinski definition) is 6. The van der Waals surface area contributed by atoms with Crippen LogP contribution < -0.4 is 16.2 Å². The molecule has 2 heterocycles. The number of carbonyl (C=O) groups excluding carboxylic acids is 1. The Bertz CT molecular complexity index is 822. The van der Waals surface area contributed by atoms with E-state index in [1.807, 2.05) is 24.3 Å². The van der Waals surface area contributed by atoms with Crippen LogP contribution in [0, 0.1) is 0 Å². The lowest BCUT2D eigenvalue weighted by atomic mass is 10.1. The van der Waals surface area contributed by atoms with E-state index in [9.17, 15) is 4.79 Å². The van der Waals surface area contributed by atoms with Crippen molar-refractivity contribution < 1.29 is 9.53 Å². The third kappa shape index (κ3) is 2.51. The fourth-order valence-corrected chi connectivity index (χ4v) is 2.71. The van der Waals surface area contributed by atoms with Crippen molar-refractivity contribution in [1.82, 2.24) is 14.8 Å². The standard InChI is InChI=1S/C14H13N5O2S/c1-21-9-4-2-8(3-5-9)10-6-12(15)19(18-10)14-17-11(7-22-14)13(16)20/h2-7H,15H2,1H3,(H2,16,20). The van der Waals surface area contributed by atoms with Crippen LogP contribution in [0.15, 0.2) is 35.7 Å². The second-order valence-corrected chi connectivity index (χ2v) is 5.31. The lowest BCUT2D eigenvalue weighted by Gasteiger charge is -2.00. The Balaban J connectivity index is 1.97. The molecule has 0 atom stereocenters. The zero-order chi connectivity index (χ0) is 15.7. The van der Waals surface area contributed by atoms with E-state index < -0.39 is 5.91 Å². The Kier molecular flexibility index (Phi) is 3.51. The van der Waals surface area contributed by atoms with Crippen molar-refractivity contribution in [3.63, 3.8) is 0 Å². The van der Waals surface area contributed by atoms with Gasteiger partial charge >= 0.3 is 0 Å². The van der Waals surface area contributed by atoms with Gasteiger partial charge in [0.15, 0.2) is 0 Å². The maximum Gasteiger partial charge on any atom is 0.268 e. The molecule has 0 aliphatic heterocycles. The molecule has 3 rings (SSSR count). The first-order chi connectivity index (χ1) is 10.6. The van der Waals surface area contributed by atoms with E-state index in [1.165, 1.54) is 16.0 Å². The smallest absolute Gasteiger partial charge is 0.268 e. The Morgan fingerprint density at radius 2 is 2.05 bits per heavy atom. The van der Waals surface area contributed by atoms with Crippen LogP contribution in [-0.4, -0.2) is 27.8 Å². The number of rotatable bonds is 4. The van der Waals surface area contributed by atoms with Crippen molar-refractivity contribution in [1.29, 1.82) is 0 Å². The zero-order valence-corrected chi connectivity index (χ0v) is 12.5. The third-order valence-electron chi connectivity index (χ3n) is 3.05. The summed E-state index contributed by atoms with van der Waals surface area (Å²) in [5.41, 5.74) is 13.0. The Hall–Kier alpha value is -2.87. The number of ether oxygens (including phenoxy) is 1. The summed E-state index contributed by atoms with van der Waals surface area (Å²) in [5, 5.41) is 6.49. The van der Waals surface area contributed by atoms with Gasteiger partial charge in [0.2, 0.25) is 5.13 Å². The molecular formula is C14H13N5O2S. The average Bonchev–Trinajstić information content (AvgIpc) is 3.14. The van der Waals surface area contributed by atoms with Gasteiger partial charge in [-0.05, 0) is 24.3 Å². The van der Waals surface area contributed by atoms with Crippen molar-refractivity contribution in [3.05, 3.63) is 41.4 Å². The maximum atomic E-state index is 11.1. The lowest BCUT2D eigenvalue weighted by Crippen LogP contribution is -2.11. The van der Waals surface area contributed by atoms with E-state index >= 15 is 0 Å². The number of benzene rings is 1. The highest BCUT2D eigenvalue weighted by Gasteiger charge is 2.13. The topological polar surface area (TPSA) is 109 Å². The minimum absolute atomic E-state index is 0.195. The zero-order valence-electron chi connectivity index (χ0n) is 11.7. The predicted molar refractivity (Wildman–Crippen MR) is 84.2 cm³/mol. The van der Waals surface area contributed by atoms with Gasteiger partial charge in [-0.2, -0.15) is 9.78 Å². The molecule has 4 N–H and O–H groups in total. The minimum Gasteiger partial charge on any atom is -0.497 e. The van der Waals surface area contributed by atoms with Gasteiger partial charge in [0.05, 0.1) is 12.8 Å². The van der Waals surface area contributed by atoms with Crippen LogP contribution in [0.4, 0.5) is 5.82 Å². The fraction of sp³-hybridized carbons (Fsp3) is 0.0714. The largest absolute Gasteiger partial charge is 0.497 e. The van der Waals surface area contributed by atoms with Crippen LogP contribution in [0.2, 0.25) is 0 Å². The highest BCUT2D eigenvalue weighted by molar-refractivity contribution is 7.12. The summed E-state index contributed by atoms with van der Waals surface area (Å²) < 4.78 is 6.61. The Morgan fingerprint density at radius 1 is 1.32 bits per heavy atom. The number of aromatic nitrogens is 3. The van der Waals surface area contributed by atoms with Gasteiger partial charge < -0.3 is 16.2 Å². The lowest BCUT2D eigenvalue weighted by molar-refractivity contribution is 0.0996. The van der Waals surface area contributed by atoms with Gasteiger partial charge in [0, 0.05) is 17.0 Å². The van der Waals surface area contributed by atoms with Crippen molar-refractivity contribution in [2.75, 3.05) is 12.8 Å². The van der Waals surface area contributed by atoms with Crippen LogP contribution in [0.3, 0.4) is 0 Å². The van der Waals surface area contributed by atoms with E-state index in [0.29, 0.717) is 16.6 Å². The SMILES string of the molecule is COc1ccc(-c2cc(N)n(-c3nc(C(N)=O)cs3)n2)cc1. The summed E-state index contributed by atoms with van der Waals surface area (Å²) >= 11 is 1.25. The van der Waals surface area contributed by atoms with E-state index in [0.717, 1.165) is 11.3 Å². The number of nitrogen functional groups attached to an aromatic ring is 1. The van der Waals surface area contributed by atoms with Gasteiger partial charge in [-0.25, -0.2) is 4.98 Å². The molecule has 1 amide bonds. The van der Waals surface area contributed by atoms with Gasteiger partial charge in [-0.3, -0.25) is 4.79 Å². The molecule has 0 radical (unpaired) electrons. The first-order valence-electron chi connectivity index (χ1n) is 6.34. The highest BCUT2D eigenvalue weighted by Crippen LogP contribution is 2.26. The number of amides is 1. The molecular weight excluding hydrogens is 302 g/mol. The number of methoxy groups -OCH3 is 1. The molecule has 8 heteroatoms. The molecule has 22 heavy (non-hydrogen) atoms. The minimum atomic E-state index is -0.580. The molecule has 2 aromatic heterocycles. The number of nitrogens with zero attached hydrogens (tertiary/aromatic N) is 3. The van der Waals surface area contributed by atoms with Crippen LogP contribution in [0.1, 0.15) is 10.5 Å². The van der Waals surface area contributed by atoms with Crippen LogP contribution in [0.5, 0.6) is 5.75 Å². The molecule has 0 saturated carbocycles. The molecule has 0 bridgehead atoms. The van der Waals surface area contributed by atoms with E-state index in [-0.39, 0.29) is 5.69 Å². The Morgan fingerprint density at radius 3 is 2.64 bits per heavy atom. The molecule has 1 aromatic carbocycles. The molecule has 7 nitrogen and oxygen atoms in total. The quantitative estimate of drug-likeness (QED) is 0.761. The number of nitrogens with two attached hydrogens (primary N) is 2. The normalized spacial score (nSPS) is 10.6. The molecule has 0 unspecified atom stereocenters. The van der Waals surface area contributed by atoms with E-state index in [4.69, 9.17) is 16.2 Å². The monoisotopic (exact) mass is 315 g/mol. The number of hydrogen-bond donors (Lipinski definition) is 2. The number of primary amides is 1. The molecule has 0 spiro atoms. The molecule has 0 aliphatic carbocycles. The Labute approximate surface area is 130 Å². The summed E-state index contributed by atoms with van der Waals surface area (Å²) in [7, 11) is 1.61. The van der Waals surface area contributed by atoms with E-state index in [2.05, 4.69) is 10.1 Å². The number of carbonyl (C=O) groups is 1. The van der Waals surface area contributed by atoms with Gasteiger partial charge in [0.1, 0.15) is 17.3 Å². The summed E-state index contributed by atoms with van der Waals surface area (Å²) in [6.07, 6.45) is 0. The number of anilines is 1. The van der Waals surface area contributed by atoms with Crippen molar-refractivity contribution in [2.45, 2.75) is 0 Å². The molecule has 0 fully saturated rings. The highest BCUT2D eigenvalue weighted by atomic mass is 32.1.